The van der Waals surface area contributed by atoms with Crippen LogP contribution in [0.1, 0.15) is 38.9 Å². The Labute approximate surface area is 284 Å². The molecule has 6 aromatic carbocycles. The highest BCUT2D eigenvalue weighted by Crippen LogP contribution is 2.42. The molecule has 2 aliphatic carbocycles. The van der Waals surface area contributed by atoms with Crippen molar-refractivity contribution >= 4 is 61.9 Å². The molecule has 8 rings (SSSR count). The molecule has 6 aromatic rings. The Morgan fingerprint density at radius 3 is 1.56 bits per heavy atom. The van der Waals surface area contributed by atoms with Gasteiger partial charge in [0.2, 0.25) is 0 Å². The van der Waals surface area contributed by atoms with Crippen LogP contribution in [0.4, 0.5) is 0 Å². The minimum Gasteiger partial charge on any atom is -0.0843 e. The van der Waals surface area contributed by atoms with Gasteiger partial charge in [-0.2, -0.15) is 0 Å². The summed E-state index contributed by atoms with van der Waals surface area (Å²) in [5.41, 5.74) is 13.2. The lowest BCUT2D eigenvalue weighted by atomic mass is 9.94. The molecule has 220 valence electrons. The molecule has 0 aliphatic heterocycles. The van der Waals surface area contributed by atoms with Gasteiger partial charge in [0, 0.05) is 14.5 Å². The standard InChI is InChI=1S/C21H15Cl.C15H11Cl.C6H5Br/c22-18-11-12-19-17(13-18)14-20(15-7-3-1-4-8-15)21(19)16-9-5-2-6-10-16;16-15-7-6-12-8-13(9-14(12)10-15)11-4-2-1-3-5-11;7-6-4-2-1-3-5-6/h1-13H,14H2;1-8,10H,9H2;1-5H. The maximum Gasteiger partial charge on any atom is 0.0409 e. The Bertz CT molecular complexity index is 1950. The third-order valence-electron chi connectivity index (χ3n) is 7.88. The van der Waals surface area contributed by atoms with Gasteiger partial charge < -0.3 is 0 Å². The van der Waals surface area contributed by atoms with Crippen LogP contribution in [-0.2, 0) is 12.8 Å². The molecule has 0 spiro atoms. The molecule has 0 aromatic heterocycles. The summed E-state index contributed by atoms with van der Waals surface area (Å²) in [6, 6.07) is 54.0. The number of rotatable bonds is 3. The molecular formula is C42H31BrCl2. The van der Waals surface area contributed by atoms with Crippen molar-refractivity contribution in [2.75, 3.05) is 0 Å². The predicted molar refractivity (Wildman–Crippen MR) is 198 cm³/mol. The third-order valence-corrected chi connectivity index (χ3v) is 8.88. The second kappa shape index (κ2) is 14.8. The zero-order valence-electron chi connectivity index (χ0n) is 24.6. The molecule has 3 heteroatoms. The van der Waals surface area contributed by atoms with Crippen LogP contribution in [0.2, 0.25) is 10.0 Å². The van der Waals surface area contributed by atoms with Crippen molar-refractivity contribution in [3.05, 3.63) is 211 Å². The van der Waals surface area contributed by atoms with Gasteiger partial charge in [0.25, 0.3) is 0 Å². The zero-order valence-corrected chi connectivity index (χ0v) is 27.7. The van der Waals surface area contributed by atoms with Gasteiger partial charge in [-0.05, 0) is 105 Å². The third kappa shape index (κ3) is 7.75. The number of fused-ring (bicyclic) bond motifs is 2. The second-order valence-electron chi connectivity index (χ2n) is 10.9. The molecule has 0 atom stereocenters. The lowest BCUT2D eigenvalue weighted by molar-refractivity contribution is 1.32. The molecule has 0 N–H and O–H groups in total. The largest absolute Gasteiger partial charge is 0.0843 e. The van der Waals surface area contributed by atoms with Gasteiger partial charge >= 0.3 is 0 Å². The predicted octanol–water partition coefficient (Wildman–Crippen LogP) is 12.7. The molecule has 0 saturated heterocycles. The number of allylic oxidation sites excluding steroid dienone is 2. The van der Waals surface area contributed by atoms with Gasteiger partial charge in [-0.25, -0.2) is 0 Å². The molecule has 0 bridgehead atoms. The number of benzene rings is 6. The Morgan fingerprint density at radius 2 is 0.978 bits per heavy atom. The molecule has 0 amide bonds. The second-order valence-corrected chi connectivity index (χ2v) is 12.7. The van der Waals surface area contributed by atoms with E-state index >= 15 is 0 Å². The van der Waals surface area contributed by atoms with Crippen molar-refractivity contribution in [3.63, 3.8) is 0 Å². The topological polar surface area (TPSA) is 0 Å². The zero-order chi connectivity index (χ0) is 31.0. The molecule has 0 saturated carbocycles. The van der Waals surface area contributed by atoms with Crippen LogP contribution in [0.25, 0.3) is 22.8 Å². The van der Waals surface area contributed by atoms with Crippen molar-refractivity contribution in [2.24, 2.45) is 0 Å². The first-order valence-electron chi connectivity index (χ1n) is 14.9. The van der Waals surface area contributed by atoms with E-state index in [0.29, 0.717) is 0 Å². The number of hydrogen-bond donors (Lipinski definition) is 0. The summed E-state index contributed by atoms with van der Waals surface area (Å²) in [6.07, 6.45) is 4.17. The summed E-state index contributed by atoms with van der Waals surface area (Å²) in [7, 11) is 0. The van der Waals surface area contributed by atoms with E-state index in [-0.39, 0.29) is 0 Å². The Balaban J connectivity index is 0.000000135. The minimum atomic E-state index is 0.806. The molecule has 0 unspecified atom stereocenters. The normalized spacial score (nSPS) is 12.6. The van der Waals surface area contributed by atoms with Crippen molar-refractivity contribution in [3.8, 4) is 0 Å². The van der Waals surface area contributed by atoms with E-state index in [1.165, 1.54) is 55.7 Å². The Hall–Kier alpha value is -4.14. The highest BCUT2D eigenvalue weighted by molar-refractivity contribution is 9.10. The summed E-state index contributed by atoms with van der Waals surface area (Å²) in [6.45, 7) is 0. The fourth-order valence-electron chi connectivity index (χ4n) is 5.78. The maximum absolute atomic E-state index is 6.19. The van der Waals surface area contributed by atoms with Gasteiger partial charge in [-0.1, -0.05) is 167 Å². The highest BCUT2D eigenvalue weighted by atomic mass is 79.9. The monoisotopic (exact) mass is 684 g/mol. The first-order valence-corrected chi connectivity index (χ1v) is 16.5. The number of hydrogen-bond acceptors (Lipinski definition) is 0. The average Bonchev–Trinajstić information content (AvgIpc) is 3.68. The van der Waals surface area contributed by atoms with E-state index in [0.717, 1.165) is 27.4 Å². The summed E-state index contributed by atoms with van der Waals surface area (Å²) in [5.74, 6) is 0. The van der Waals surface area contributed by atoms with Gasteiger partial charge in [-0.3, -0.25) is 0 Å². The van der Waals surface area contributed by atoms with E-state index in [4.69, 9.17) is 23.2 Å². The van der Waals surface area contributed by atoms with Crippen molar-refractivity contribution in [2.45, 2.75) is 12.8 Å². The average molecular weight is 687 g/mol. The Morgan fingerprint density at radius 1 is 0.467 bits per heavy atom. The first-order chi connectivity index (χ1) is 22.0. The van der Waals surface area contributed by atoms with Crippen LogP contribution in [-0.4, -0.2) is 0 Å². The van der Waals surface area contributed by atoms with Gasteiger partial charge in [0.05, 0.1) is 0 Å². The molecule has 2 aliphatic rings. The lowest BCUT2D eigenvalue weighted by Gasteiger charge is -2.09. The summed E-state index contributed by atoms with van der Waals surface area (Å²) in [5, 5.41) is 1.63. The van der Waals surface area contributed by atoms with Gasteiger partial charge in [0.15, 0.2) is 0 Å². The molecule has 0 fully saturated rings. The van der Waals surface area contributed by atoms with Crippen LogP contribution >= 0.6 is 39.1 Å². The first kappa shape index (κ1) is 30.9. The molecule has 0 heterocycles. The highest BCUT2D eigenvalue weighted by Gasteiger charge is 2.23. The van der Waals surface area contributed by atoms with E-state index in [9.17, 15) is 0 Å². The minimum absolute atomic E-state index is 0.806. The lowest BCUT2D eigenvalue weighted by Crippen LogP contribution is -1.88. The summed E-state index contributed by atoms with van der Waals surface area (Å²) in [4.78, 5) is 0. The van der Waals surface area contributed by atoms with E-state index < -0.39 is 0 Å². The fourth-order valence-corrected chi connectivity index (χ4v) is 6.47. The van der Waals surface area contributed by atoms with Crippen LogP contribution < -0.4 is 0 Å². The van der Waals surface area contributed by atoms with Gasteiger partial charge in [0.1, 0.15) is 0 Å². The molecule has 0 nitrogen and oxygen atoms in total. The molecular weight excluding hydrogens is 655 g/mol. The smallest absolute Gasteiger partial charge is 0.0409 e. The molecule has 45 heavy (non-hydrogen) atoms. The van der Waals surface area contributed by atoms with E-state index in [2.05, 4.69) is 131 Å². The van der Waals surface area contributed by atoms with Gasteiger partial charge in [-0.15, -0.1) is 0 Å². The van der Waals surface area contributed by atoms with Crippen LogP contribution in [0, 0.1) is 0 Å². The summed E-state index contributed by atoms with van der Waals surface area (Å²) >= 11 is 15.5. The Kier molecular flexibility index (Phi) is 10.1. The molecule has 0 radical (unpaired) electrons. The number of halogens is 3. The summed E-state index contributed by atoms with van der Waals surface area (Å²) < 4.78 is 1.13. The van der Waals surface area contributed by atoms with Crippen LogP contribution in [0.5, 0.6) is 0 Å². The van der Waals surface area contributed by atoms with Crippen molar-refractivity contribution in [1.82, 2.24) is 0 Å². The van der Waals surface area contributed by atoms with E-state index in [1.807, 2.05) is 48.5 Å². The SMILES string of the molecule is Brc1ccccc1.Clc1ccc2c(c1)CC(c1ccccc1)=C2.Clc1ccc2c(c1)CC(c1ccccc1)=C2c1ccccc1. The van der Waals surface area contributed by atoms with Crippen LogP contribution in [0.15, 0.2) is 162 Å². The quantitative estimate of drug-likeness (QED) is 0.174. The maximum atomic E-state index is 6.19. The fraction of sp³-hybridized carbons (Fsp3) is 0.0476. The van der Waals surface area contributed by atoms with Crippen molar-refractivity contribution < 1.29 is 0 Å². The van der Waals surface area contributed by atoms with Crippen molar-refractivity contribution in [1.29, 1.82) is 0 Å². The van der Waals surface area contributed by atoms with Crippen LogP contribution in [0.3, 0.4) is 0 Å². The van der Waals surface area contributed by atoms with E-state index in [1.54, 1.807) is 0 Å².